The number of rotatable bonds is 12. The summed E-state index contributed by atoms with van der Waals surface area (Å²) in [6.45, 7) is 0.184. The Balaban J connectivity index is 1.45. The quantitative estimate of drug-likeness (QED) is 0.233. The van der Waals surface area contributed by atoms with E-state index in [1.54, 1.807) is 42.7 Å². The largest absolute Gasteiger partial charge is 0.507 e. The van der Waals surface area contributed by atoms with Gasteiger partial charge in [0.25, 0.3) is 5.91 Å². The van der Waals surface area contributed by atoms with E-state index < -0.39 is 30.6 Å². The van der Waals surface area contributed by atoms with Crippen molar-refractivity contribution in [1.82, 2.24) is 20.6 Å². The highest BCUT2D eigenvalue weighted by atomic mass is 16.5. The number of nitrogens with zero attached hydrogens (tertiary/aromatic N) is 2. The minimum Gasteiger partial charge on any atom is -0.507 e. The predicted molar refractivity (Wildman–Crippen MR) is 128 cm³/mol. The van der Waals surface area contributed by atoms with Crippen LogP contribution in [0.1, 0.15) is 15.9 Å². The number of amides is 2. The average molecular weight is 495 g/mol. The number of carbonyl (C=O) groups is 3. The first-order valence-electron chi connectivity index (χ1n) is 10.9. The number of nitrogens with one attached hydrogen (secondary N) is 3. The number of aromatic hydroxyl groups is 1. The summed E-state index contributed by atoms with van der Waals surface area (Å²) in [5.74, 6) is -1.67. The number of aliphatic carboxylic acids is 1. The van der Waals surface area contributed by atoms with Crippen LogP contribution in [0.25, 0.3) is 0 Å². The highest BCUT2D eigenvalue weighted by molar-refractivity contribution is 5.97. The van der Waals surface area contributed by atoms with E-state index in [4.69, 9.17) is 9.47 Å². The lowest BCUT2D eigenvalue weighted by Gasteiger charge is -2.16. The maximum absolute atomic E-state index is 12.4. The molecule has 2 amide bonds. The Morgan fingerprint density at radius 2 is 1.75 bits per heavy atom. The van der Waals surface area contributed by atoms with Gasteiger partial charge in [0.15, 0.2) is 0 Å². The highest BCUT2D eigenvalue weighted by Crippen LogP contribution is 2.23. The standard InChI is InChI=1S/C24H25N5O7/c30-20-13-17(35-12-11-27-23-25-9-4-10-26-23)7-8-18(20)21(31)28-14-19(22(32)33)29-24(34)36-15-16-5-2-1-3-6-16/h1-10,13,19,30H,11-12,14-15H2,(H,28,31)(H,29,34)(H,32,33)(H,25,26,27). The number of hydrogen-bond acceptors (Lipinski definition) is 9. The van der Waals surface area contributed by atoms with Crippen molar-refractivity contribution in [3.05, 3.63) is 78.1 Å². The molecule has 3 rings (SSSR count). The number of anilines is 1. The molecule has 1 unspecified atom stereocenters. The van der Waals surface area contributed by atoms with Gasteiger partial charge in [0.2, 0.25) is 5.95 Å². The van der Waals surface area contributed by atoms with E-state index in [0.29, 0.717) is 18.2 Å². The molecule has 1 aromatic heterocycles. The normalized spacial score (nSPS) is 11.1. The summed E-state index contributed by atoms with van der Waals surface area (Å²) in [7, 11) is 0. The van der Waals surface area contributed by atoms with Gasteiger partial charge in [-0.1, -0.05) is 30.3 Å². The van der Waals surface area contributed by atoms with Crippen molar-refractivity contribution in [2.24, 2.45) is 0 Å². The Morgan fingerprint density at radius 1 is 1.00 bits per heavy atom. The van der Waals surface area contributed by atoms with Crippen LogP contribution in [0.2, 0.25) is 0 Å². The summed E-state index contributed by atoms with van der Waals surface area (Å²) in [4.78, 5) is 43.9. The molecule has 188 valence electrons. The van der Waals surface area contributed by atoms with Gasteiger partial charge in [-0.3, -0.25) is 4.79 Å². The van der Waals surface area contributed by atoms with Crippen molar-refractivity contribution >= 4 is 23.9 Å². The molecule has 12 heteroatoms. The molecular formula is C24H25N5O7. The fourth-order valence-electron chi connectivity index (χ4n) is 2.91. The van der Waals surface area contributed by atoms with Crippen LogP contribution >= 0.6 is 0 Å². The molecule has 3 aromatic rings. The Kier molecular flexibility index (Phi) is 9.39. The molecule has 0 saturated carbocycles. The minimum atomic E-state index is -1.44. The zero-order valence-corrected chi connectivity index (χ0v) is 19.1. The molecule has 0 spiro atoms. The van der Waals surface area contributed by atoms with Crippen LogP contribution in [-0.4, -0.2) is 63.9 Å². The number of alkyl carbamates (subject to hydrolysis) is 1. The Labute approximate surface area is 206 Å². The third kappa shape index (κ3) is 8.17. The van der Waals surface area contributed by atoms with E-state index in [1.165, 1.54) is 18.2 Å². The van der Waals surface area contributed by atoms with Gasteiger partial charge >= 0.3 is 12.1 Å². The van der Waals surface area contributed by atoms with Gasteiger partial charge in [-0.05, 0) is 23.8 Å². The Bertz CT molecular complexity index is 1160. The molecule has 0 bridgehead atoms. The lowest BCUT2D eigenvalue weighted by Crippen LogP contribution is -2.48. The zero-order chi connectivity index (χ0) is 25.8. The first-order chi connectivity index (χ1) is 17.4. The summed E-state index contributed by atoms with van der Waals surface area (Å²) >= 11 is 0. The smallest absolute Gasteiger partial charge is 0.408 e. The van der Waals surface area contributed by atoms with Crippen LogP contribution in [-0.2, 0) is 16.1 Å². The maximum atomic E-state index is 12.4. The first kappa shape index (κ1) is 25.7. The fourth-order valence-corrected chi connectivity index (χ4v) is 2.91. The minimum absolute atomic E-state index is 0.0379. The fraction of sp³-hybridized carbons (Fsp3) is 0.208. The van der Waals surface area contributed by atoms with Crippen molar-refractivity contribution in [2.75, 3.05) is 25.0 Å². The second kappa shape index (κ2) is 13.1. The summed E-state index contributed by atoms with van der Waals surface area (Å²) < 4.78 is 10.5. The first-order valence-corrected chi connectivity index (χ1v) is 10.9. The van der Waals surface area contributed by atoms with E-state index in [9.17, 15) is 24.6 Å². The number of phenolic OH excluding ortho intramolecular Hbond substituents is 1. The number of carboxylic acids is 1. The van der Waals surface area contributed by atoms with Crippen LogP contribution in [0, 0.1) is 0 Å². The molecule has 0 fully saturated rings. The van der Waals surface area contributed by atoms with Crippen LogP contribution in [0.5, 0.6) is 11.5 Å². The Morgan fingerprint density at radius 3 is 2.44 bits per heavy atom. The van der Waals surface area contributed by atoms with Crippen LogP contribution < -0.4 is 20.7 Å². The third-order valence-electron chi connectivity index (χ3n) is 4.70. The molecule has 1 atom stereocenters. The van der Waals surface area contributed by atoms with Crippen molar-refractivity contribution < 1.29 is 34.1 Å². The SMILES string of the molecule is O=C(NC(CNC(=O)c1ccc(OCCNc2ncccn2)cc1O)C(=O)O)OCc1ccccc1. The monoisotopic (exact) mass is 495 g/mol. The molecule has 36 heavy (non-hydrogen) atoms. The summed E-state index contributed by atoms with van der Waals surface area (Å²) in [6, 6.07) is 13.2. The average Bonchev–Trinajstić information content (AvgIpc) is 2.88. The maximum Gasteiger partial charge on any atom is 0.408 e. The molecule has 0 aliphatic carbocycles. The number of benzene rings is 2. The zero-order valence-electron chi connectivity index (χ0n) is 19.1. The number of carbonyl (C=O) groups excluding carboxylic acids is 2. The van der Waals surface area contributed by atoms with Gasteiger partial charge in [0.05, 0.1) is 12.1 Å². The van der Waals surface area contributed by atoms with Crippen molar-refractivity contribution in [3.8, 4) is 11.5 Å². The molecule has 12 nitrogen and oxygen atoms in total. The number of phenols is 1. The molecule has 2 aromatic carbocycles. The lowest BCUT2D eigenvalue weighted by molar-refractivity contribution is -0.139. The topological polar surface area (TPSA) is 172 Å². The van der Waals surface area contributed by atoms with Crippen molar-refractivity contribution in [2.45, 2.75) is 12.6 Å². The summed E-state index contributed by atoms with van der Waals surface area (Å²) in [6.07, 6.45) is 2.26. The van der Waals surface area contributed by atoms with Gasteiger partial charge in [-0.15, -0.1) is 0 Å². The van der Waals surface area contributed by atoms with Crippen LogP contribution in [0.4, 0.5) is 10.7 Å². The second-order valence-electron chi connectivity index (χ2n) is 7.33. The lowest BCUT2D eigenvalue weighted by atomic mass is 10.1. The van der Waals surface area contributed by atoms with E-state index in [0.717, 1.165) is 5.56 Å². The van der Waals surface area contributed by atoms with Crippen LogP contribution in [0.3, 0.4) is 0 Å². The molecule has 0 radical (unpaired) electrons. The van der Waals surface area contributed by atoms with Gasteiger partial charge in [0, 0.05) is 25.0 Å². The molecule has 0 aliphatic heterocycles. The van der Waals surface area contributed by atoms with Gasteiger partial charge < -0.3 is 35.6 Å². The molecule has 0 saturated heterocycles. The molecular weight excluding hydrogens is 470 g/mol. The highest BCUT2D eigenvalue weighted by Gasteiger charge is 2.22. The van der Waals surface area contributed by atoms with E-state index in [2.05, 4.69) is 25.9 Å². The van der Waals surface area contributed by atoms with Gasteiger partial charge in [-0.2, -0.15) is 0 Å². The van der Waals surface area contributed by atoms with Crippen LogP contribution in [0.15, 0.2) is 67.0 Å². The molecule has 5 N–H and O–H groups in total. The third-order valence-corrected chi connectivity index (χ3v) is 4.70. The van der Waals surface area contributed by atoms with E-state index in [-0.39, 0.29) is 24.5 Å². The van der Waals surface area contributed by atoms with Crippen molar-refractivity contribution in [3.63, 3.8) is 0 Å². The molecule has 0 aliphatic rings. The van der Waals surface area contributed by atoms with Gasteiger partial charge in [0.1, 0.15) is 30.8 Å². The Hall–Kier alpha value is -4.87. The molecule has 1 heterocycles. The van der Waals surface area contributed by atoms with E-state index in [1.807, 2.05) is 6.07 Å². The number of hydrogen-bond donors (Lipinski definition) is 5. The summed E-state index contributed by atoms with van der Waals surface area (Å²) in [5.41, 5.74) is 0.645. The number of carboxylic acid groups (broad SMARTS) is 1. The number of aromatic nitrogens is 2. The predicted octanol–water partition coefficient (Wildman–Crippen LogP) is 1.78. The summed E-state index contributed by atoms with van der Waals surface area (Å²) in [5, 5.41) is 27.1. The van der Waals surface area contributed by atoms with Crippen molar-refractivity contribution in [1.29, 1.82) is 0 Å². The number of ether oxygens (including phenoxy) is 2. The second-order valence-corrected chi connectivity index (χ2v) is 7.33. The van der Waals surface area contributed by atoms with E-state index >= 15 is 0 Å². The van der Waals surface area contributed by atoms with Gasteiger partial charge in [-0.25, -0.2) is 19.6 Å².